The predicted octanol–water partition coefficient (Wildman–Crippen LogP) is 3.23. The second kappa shape index (κ2) is 7.15. The van der Waals surface area contributed by atoms with Crippen molar-refractivity contribution >= 4 is 40.1 Å². The number of carbonyl (C=O) groups excluding carboxylic acids is 1. The van der Waals surface area contributed by atoms with Crippen LogP contribution in [0, 0.1) is 0 Å². The van der Waals surface area contributed by atoms with Crippen molar-refractivity contribution in [3.63, 3.8) is 0 Å². The van der Waals surface area contributed by atoms with E-state index in [1.165, 1.54) is 11.8 Å². The van der Waals surface area contributed by atoms with Gasteiger partial charge < -0.3 is 9.15 Å². The van der Waals surface area contributed by atoms with Crippen LogP contribution in [0.2, 0.25) is 5.02 Å². The molecule has 0 N–H and O–H groups in total. The molecule has 7 nitrogen and oxygen atoms in total. The number of halogens is 1. The van der Waals surface area contributed by atoms with Gasteiger partial charge in [0.15, 0.2) is 5.76 Å². The number of hydrogen-bond acceptors (Lipinski definition) is 7. The molecule has 1 aromatic carbocycles. The zero-order chi connectivity index (χ0) is 17.2. The SMILES string of the molecule is O=C(CSc1nnnn1C[C@@H]1CCCO1)c1cc2cc(Cl)ccc2o1. The van der Waals surface area contributed by atoms with Gasteiger partial charge in [-0.2, -0.15) is 0 Å². The zero-order valence-electron chi connectivity index (χ0n) is 13.2. The van der Waals surface area contributed by atoms with Crippen molar-refractivity contribution in [2.75, 3.05) is 12.4 Å². The molecule has 4 rings (SSSR count). The Hall–Kier alpha value is -1.90. The minimum atomic E-state index is -0.121. The number of Topliss-reactive ketones (excluding diaryl/α,β-unsaturated/α-hetero) is 1. The van der Waals surface area contributed by atoms with Crippen molar-refractivity contribution in [2.24, 2.45) is 0 Å². The summed E-state index contributed by atoms with van der Waals surface area (Å²) in [5.74, 6) is 0.381. The first-order valence-corrected chi connectivity index (χ1v) is 9.28. The first kappa shape index (κ1) is 16.6. The lowest BCUT2D eigenvalue weighted by atomic mass is 10.2. The molecule has 25 heavy (non-hydrogen) atoms. The average molecular weight is 379 g/mol. The molecule has 3 aromatic rings. The maximum absolute atomic E-state index is 12.4. The summed E-state index contributed by atoms with van der Waals surface area (Å²) in [5, 5.41) is 13.7. The number of nitrogens with zero attached hydrogens (tertiary/aromatic N) is 4. The topological polar surface area (TPSA) is 83.0 Å². The van der Waals surface area contributed by atoms with Gasteiger partial charge in [0.05, 0.1) is 18.4 Å². The molecule has 1 aliphatic rings. The van der Waals surface area contributed by atoms with Gasteiger partial charge in [-0.1, -0.05) is 23.4 Å². The van der Waals surface area contributed by atoms with E-state index in [1.54, 1.807) is 28.9 Å². The summed E-state index contributed by atoms with van der Waals surface area (Å²) in [6.07, 6.45) is 2.20. The molecule has 3 heterocycles. The van der Waals surface area contributed by atoms with E-state index in [0.29, 0.717) is 28.1 Å². The molecular formula is C16H15ClN4O3S. The second-order valence-electron chi connectivity index (χ2n) is 5.78. The highest BCUT2D eigenvalue weighted by Crippen LogP contribution is 2.25. The van der Waals surface area contributed by atoms with Gasteiger partial charge in [-0.3, -0.25) is 4.79 Å². The van der Waals surface area contributed by atoms with Gasteiger partial charge >= 0.3 is 0 Å². The van der Waals surface area contributed by atoms with Crippen LogP contribution < -0.4 is 0 Å². The van der Waals surface area contributed by atoms with Gasteiger partial charge in [-0.15, -0.1) is 5.10 Å². The molecule has 0 radical (unpaired) electrons. The van der Waals surface area contributed by atoms with Gasteiger partial charge in [0.25, 0.3) is 0 Å². The molecule has 2 aromatic heterocycles. The lowest BCUT2D eigenvalue weighted by molar-refractivity contribution is 0.0912. The fraction of sp³-hybridized carbons (Fsp3) is 0.375. The van der Waals surface area contributed by atoms with E-state index < -0.39 is 0 Å². The maximum atomic E-state index is 12.4. The number of benzene rings is 1. The second-order valence-corrected chi connectivity index (χ2v) is 7.16. The Kier molecular flexibility index (Phi) is 4.74. The predicted molar refractivity (Wildman–Crippen MR) is 93.1 cm³/mol. The number of hydrogen-bond donors (Lipinski definition) is 0. The van der Waals surface area contributed by atoms with Crippen molar-refractivity contribution in [3.05, 3.63) is 35.0 Å². The quantitative estimate of drug-likeness (QED) is 0.481. The normalized spacial score (nSPS) is 17.4. The van der Waals surface area contributed by atoms with Crippen LogP contribution in [0.15, 0.2) is 33.8 Å². The van der Waals surface area contributed by atoms with Crippen LogP contribution in [0.25, 0.3) is 11.0 Å². The van der Waals surface area contributed by atoms with Crippen LogP contribution in [0.5, 0.6) is 0 Å². The van der Waals surface area contributed by atoms with Gasteiger partial charge in [-0.05, 0) is 47.5 Å². The maximum Gasteiger partial charge on any atom is 0.209 e. The molecule has 1 saturated heterocycles. The standard InChI is InChI=1S/C16H15ClN4O3S/c17-11-3-4-14-10(6-11)7-15(24-14)13(22)9-25-16-18-19-20-21(16)8-12-2-1-5-23-12/h3-4,6-7,12H,1-2,5,8-9H2/t12-/m0/s1. The van der Waals surface area contributed by atoms with E-state index in [9.17, 15) is 4.79 Å². The highest BCUT2D eigenvalue weighted by atomic mass is 35.5. The highest BCUT2D eigenvalue weighted by molar-refractivity contribution is 7.99. The Bertz CT molecular complexity index is 904. The first-order chi connectivity index (χ1) is 12.2. The molecule has 1 aliphatic heterocycles. The molecule has 1 fully saturated rings. The summed E-state index contributed by atoms with van der Waals surface area (Å²) >= 11 is 7.25. The summed E-state index contributed by atoms with van der Waals surface area (Å²) < 4.78 is 12.9. The monoisotopic (exact) mass is 378 g/mol. The Balaban J connectivity index is 1.42. The first-order valence-electron chi connectivity index (χ1n) is 7.92. The number of carbonyl (C=O) groups is 1. The third kappa shape index (κ3) is 3.70. The fourth-order valence-corrected chi connectivity index (χ4v) is 3.69. The summed E-state index contributed by atoms with van der Waals surface area (Å²) in [6.45, 7) is 1.39. The van der Waals surface area contributed by atoms with Crippen molar-refractivity contribution in [2.45, 2.75) is 30.6 Å². The van der Waals surface area contributed by atoms with Crippen LogP contribution in [-0.2, 0) is 11.3 Å². The van der Waals surface area contributed by atoms with Gasteiger partial charge in [0, 0.05) is 17.0 Å². The van der Waals surface area contributed by atoms with Crippen LogP contribution >= 0.6 is 23.4 Å². The molecule has 0 aliphatic carbocycles. The number of aromatic nitrogens is 4. The fourth-order valence-electron chi connectivity index (χ4n) is 2.75. The molecule has 0 unspecified atom stereocenters. The summed E-state index contributed by atoms with van der Waals surface area (Å²) in [5.41, 5.74) is 0.640. The summed E-state index contributed by atoms with van der Waals surface area (Å²) in [7, 11) is 0. The van der Waals surface area contributed by atoms with Gasteiger partial charge in [0.1, 0.15) is 5.58 Å². The Morgan fingerprint density at radius 3 is 3.16 bits per heavy atom. The Morgan fingerprint density at radius 2 is 2.32 bits per heavy atom. The van der Waals surface area contributed by atoms with E-state index in [-0.39, 0.29) is 17.6 Å². The minimum Gasteiger partial charge on any atom is -0.453 e. The average Bonchev–Trinajstić information content (AvgIpc) is 3.33. The number of tetrazole rings is 1. The molecule has 0 spiro atoms. The molecule has 0 amide bonds. The zero-order valence-corrected chi connectivity index (χ0v) is 14.8. The summed E-state index contributed by atoms with van der Waals surface area (Å²) in [4.78, 5) is 12.4. The Morgan fingerprint density at radius 1 is 1.40 bits per heavy atom. The molecule has 1 atom stereocenters. The lowest BCUT2D eigenvalue weighted by Gasteiger charge is -2.09. The van der Waals surface area contributed by atoms with E-state index in [1.807, 2.05) is 0 Å². The molecular weight excluding hydrogens is 364 g/mol. The van der Waals surface area contributed by atoms with Crippen molar-refractivity contribution < 1.29 is 13.9 Å². The number of ketones is 1. The third-order valence-corrected chi connectivity index (χ3v) is 5.18. The number of rotatable bonds is 6. The number of ether oxygens (including phenoxy) is 1. The highest BCUT2D eigenvalue weighted by Gasteiger charge is 2.20. The van der Waals surface area contributed by atoms with Crippen LogP contribution in [-0.4, -0.2) is 44.5 Å². The van der Waals surface area contributed by atoms with Crippen LogP contribution in [0.4, 0.5) is 0 Å². The summed E-state index contributed by atoms with van der Waals surface area (Å²) in [6, 6.07) is 6.96. The van der Waals surface area contributed by atoms with Crippen molar-refractivity contribution in [1.29, 1.82) is 0 Å². The van der Waals surface area contributed by atoms with E-state index in [4.69, 9.17) is 20.8 Å². The van der Waals surface area contributed by atoms with Crippen molar-refractivity contribution in [1.82, 2.24) is 20.2 Å². The van der Waals surface area contributed by atoms with Gasteiger partial charge in [-0.25, -0.2) is 4.68 Å². The molecule has 0 saturated carbocycles. The number of fused-ring (bicyclic) bond motifs is 1. The largest absolute Gasteiger partial charge is 0.453 e. The number of thioether (sulfide) groups is 1. The molecule has 0 bridgehead atoms. The van der Waals surface area contributed by atoms with E-state index in [0.717, 1.165) is 24.8 Å². The Labute approximate surface area is 152 Å². The van der Waals surface area contributed by atoms with E-state index >= 15 is 0 Å². The molecule has 9 heteroatoms. The smallest absolute Gasteiger partial charge is 0.209 e. The van der Waals surface area contributed by atoms with Crippen molar-refractivity contribution in [3.8, 4) is 0 Å². The van der Waals surface area contributed by atoms with E-state index in [2.05, 4.69) is 15.5 Å². The lowest BCUT2D eigenvalue weighted by Crippen LogP contribution is -2.17. The van der Waals surface area contributed by atoms with Crippen LogP contribution in [0.1, 0.15) is 23.4 Å². The third-order valence-electron chi connectivity index (χ3n) is 3.99. The van der Waals surface area contributed by atoms with Crippen LogP contribution in [0.3, 0.4) is 0 Å². The molecule has 130 valence electrons. The van der Waals surface area contributed by atoms with Gasteiger partial charge in [0.2, 0.25) is 10.9 Å². The minimum absolute atomic E-state index is 0.121. The number of furan rings is 1.